The molecule has 1 amide bonds. The van der Waals surface area contributed by atoms with Gasteiger partial charge in [0.1, 0.15) is 0 Å². The van der Waals surface area contributed by atoms with Crippen molar-refractivity contribution in [2.45, 2.75) is 18.9 Å². The van der Waals surface area contributed by atoms with E-state index in [4.69, 9.17) is 4.98 Å². The van der Waals surface area contributed by atoms with Gasteiger partial charge in [0.2, 0.25) is 0 Å². The number of aromatic nitrogens is 3. The number of fused-ring (bicyclic) bond motifs is 1. The fourth-order valence-corrected chi connectivity index (χ4v) is 3.51. The van der Waals surface area contributed by atoms with Crippen LogP contribution in [-0.4, -0.2) is 45.8 Å². The second kappa shape index (κ2) is 6.20. The summed E-state index contributed by atoms with van der Waals surface area (Å²) in [5.41, 5.74) is 2.63. The van der Waals surface area contributed by atoms with E-state index in [1.54, 1.807) is 18.5 Å². The zero-order valence-corrected chi connectivity index (χ0v) is 14.5. The first-order chi connectivity index (χ1) is 12.1. The second-order valence-corrected chi connectivity index (χ2v) is 6.58. The summed E-state index contributed by atoms with van der Waals surface area (Å²) >= 11 is 0. The number of anilines is 1. The molecule has 6 nitrogen and oxygen atoms in total. The molecule has 4 heterocycles. The molecule has 0 spiro atoms. The first kappa shape index (κ1) is 15.6. The Morgan fingerprint density at radius 2 is 2.16 bits per heavy atom. The number of carbonyl (C=O) groups is 1. The minimum absolute atomic E-state index is 0.00166. The highest BCUT2D eigenvalue weighted by Crippen LogP contribution is 2.33. The molecular formula is C19H21N5O. The summed E-state index contributed by atoms with van der Waals surface area (Å²) in [7, 11) is 3.98. The summed E-state index contributed by atoms with van der Waals surface area (Å²) in [4.78, 5) is 25.8. The van der Waals surface area contributed by atoms with Gasteiger partial charge in [0.25, 0.3) is 5.91 Å². The number of rotatable bonds is 3. The molecule has 1 fully saturated rings. The van der Waals surface area contributed by atoms with Crippen molar-refractivity contribution in [2.75, 3.05) is 25.5 Å². The Hall–Kier alpha value is -2.89. The molecule has 1 atom stereocenters. The molecule has 128 valence electrons. The van der Waals surface area contributed by atoms with Gasteiger partial charge in [0.05, 0.1) is 22.8 Å². The third kappa shape index (κ3) is 2.73. The molecule has 1 aliphatic rings. The largest absolute Gasteiger partial charge is 0.361 e. The average molecular weight is 335 g/mol. The molecule has 3 aromatic rings. The van der Waals surface area contributed by atoms with Crippen LogP contribution in [0.3, 0.4) is 0 Å². The number of carbonyl (C=O) groups excluding carboxylic acids is 1. The van der Waals surface area contributed by atoms with Crippen LogP contribution in [0.4, 0.5) is 5.82 Å². The lowest BCUT2D eigenvalue weighted by molar-refractivity contribution is 0.0732. The van der Waals surface area contributed by atoms with Gasteiger partial charge in [-0.15, -0.1) is 0 Å². The Bertz CT molecular complexity index is 903. The monoisotopic (exact) mass is 335 g/mol. The van der Waals surface area contributed by atoms with Gasteiger partial charge >= 0.3 is 0 Å². The quantitative estimate of drug-likeness (QED) is 0.738. The van der Waals surface area contributed by atoms with Crippen LogP contribution in [0, 0.1) is 0 Å². The van der Waals surface area contributed by atoms with Crippen molar-refractivity contribution in [3.05, 3.63) is 60.3 Å². The lowest BCUT2D eigenvalue weighted by Crippen LogP contribution is -2.31. The SMILES string of the molecule is CN(C)c1nc([C@@H]2CCCN2C(=O)c2cccnc2)cn2cccc12. The first-order valence-corrected chi connectivity index (χ1v) is 8.51. The molecule has 0 bridgehead atoms. The van der Waals surface area contributed by atoms with E-state index in [1.165, 1.54) is 0 Å². The van der Waals surface area contributed by atoms with Crippen molar-refractivity contribution in [2.24, 2.45) is 0 Å². The lowest BCUT2D eigenvalue weighted by atomic mass is 10.1. The molecule has 0 saturated carbocycles. The van der Waals surface area contributed by atoms with Crippen LogP contribution in [0.25, 0.3) is 5.52 Å². The highest BCUT2D eigenvalue weighted by Gasteiger charge is 2.32. The van der Waals surface area contributed by atoms with Gasteiger partial charge < -0.3 is 14.2 Å². The van der Waals surface area contributed by atoms with E-state index in [-0.39, 0.29) is 11.9 Å². The number of likely N-dealkylation sites (tertiary alicyclic amines) is 1. The van der Waals surface area contributed by atoms with Gasteiger partial charge in [0, 0.05) is 45.4 Å². The fourth-order valence-electron chi connectivity index (χ4n) is 3.51. The molecule has 3 aromatic heterocycles. The minimum atomic E-state index is -0.00166. The maximum atomic E-state index is 12.9. The summed E-state index contributed by atoms with van der Waals surface area (Å²) in [6.45, 7) is 0.751. The maximum absolute atomic E-state index is 12.9. The summed E-state index contributed by atoms with van der Waals surface area (Å²) < 4.78 is 2.09. The maximum Gasteiger partial charge on any atom is 0.255 e. The molecule has 0 radical (unpaired) electrons. The number of pyridine rings is 1. The van der Waals surface area contributed by atoms with Crippen LogP contribution in [0.1, 0.15) is 34.9 Å². The highest BCUT2D eigenvalue weighted by atomic mass is 16.2. The molecule has 6 heteroatoms. The zero-order chi connectivity index (χ0) is 17.4. The van der Waals surface area contributed by atoms with Crippen LogP contribution in [0.15, 0.2) is 49.1 Å². The smallest absolute Gasteiger partial charge is 0.255 e. The van der Waals surface area contributed by atoms with Crippen molar-refractivity contribution in [1.29, 1.82) is 0 Å². The highest BCUT2D eigenvalue weighted by molar-refractivity contribution is 5.94. The van der Waals surface area contributed by atoms with Crippen LogP contribution in [0.2, 0.25) is 0 Å². The van der Waals surface area contributed by atoms with Gasteiger partial charge in [-0.3, -0.25) is 9.78 Å². The Morgan fingerprint density at radius 3 is 2.92 bits per heavy atom. The standard InChI is InChI=1S/C19H21N5O/c1-22(2)18-17-8-4-10-23(17)13-15(21-18)16-7-5-11-24(16)19(25)14-6-3-9-20-12-14/h3-4,6,8-10,12-13,16H,5,7,11H2,1-2H3/t16-/m0/s1. The predicted molar refractivity (Wildman–Crippen MR) is 96.8 cm³/mol. The average Bonchev–Trinajstić information content (AvgIpc) is 3.29. The lowest BCUT2D eigenvalue weighted by Gasteiger charge is -2.25. The Labute approximate surface area is 146 Å². The summed E-state index contributed by atoms with van der Waals surface area (Å²) in [5, 5.41) is 0. The topological polar surface area (TPSA) is 53.7 Å². The van der Waals surface area contributed by atoms with E-state index >= 15 is 0 Å². The summed E-state index contributed by atoms with van der Waals surface area (Å²) in [6.07, 6.45) is 9.30. The van der Waals surface area contributed by atoms with Crippen molar-refractivity contribution in [3.63, 3.8) is 0 Å². The van der Waals surface area contributed by atoms with Crippen LogP contribution < -0.4 is 4.90 Å². The molecule has 1 aliphatic heterocycles. The van der Waals surface area contributed by atoms with Crippen LogP contribution in [0.5, 0.6) is 0 Å². The number of nitrogens with zero attached hydrogens (tertiary/aromatic N) is 5. The molecule has 1 saturated heterocycles. The number of hydrogen-bond donors (Lipinski definition) is 0. The third-order valence-electron chi connectivity index (χ3n) is 4.70. The molecule has 4 rings (SSSR count). The summed E-state index contributed by atoms with van der Waals surface area (Å²) in [6, 6.07) is 7.68. The van der Waals surface area contributed by atoms with Crippen molar-refractivity contribution in [3.8, 4) is 0 Å². The van der Waals surface area contributed by atoms with Crippen molar-refractivity contribution in [1.82, 2.24) is 19.3 Å². The number of amides is 1. The van der Waals surface area contributed by atoms with E-state index < -0.39 is 0 Å². The zero-order valence-electron chi connectivity index (χ0n) is 14.5. The fraction of sp³-hybridized carbons (Fsp3) is 0.316. The van der Waals surface area contributed by atoms with E-state index in [1.807, 2.05) is 48.4 Å². The van der Waals surface area contributed by atoms with E-state index in [0.717, 1.165) is 36.4 Å². The van der Waals surface area contributed by atoms with Crippen LogP contribution in [-0.2, 0) is 0 Å². The van der Waals surface area contributed by atoms with Gasteiger partial charge in [-0.1, -0.05) is 0 Å². The minimum Gasteiger partial charge on any atom is -0.361 e. The summed E-state index contributed by atoms with van der Waals surface area (Å²) in [5.74, 6) is 0.944. The van der Waals surface area contributed by atoms with Gasteiger partial charge in [-0.25, -0.2) is 4.98 Å². The predicted octanol–water partition coefficient (Wildman–Crippen LogP) is 2.77. The first-order valence-electron chi connectivity index (χ1n) is 8.51. The van der Waals surface area contributed by atoms with E-state index in [0.29, 0.717) is 5.56 Å². The van der Waals surface area contributed by atoms with E-state index in [9.17, 15) is 4.79 Å². The van der Waals surface area contributed by atoms with E-state index in [2.05, 4.69) is 15.5 Å². The molecular weight excluding hydrogens is 314 g/mol. The van der Waals surface area contributed by atoms with Crippen LogP contribution >= 0.6 is 0 Å². The van der Waals surface area contributed by atoms with Gasteiger partial charge in [-0.2, -0.15) is 0 Å². The molecule has 0 aromatic carbocycles. The molecule has 0 N–H and O–H groups in total. The van der Waals surface area contributed by atoms with Gasteiger partial charge in [0.15, 0.2) is 5.82 Å². The molecule has 25 heavy (non-hydrogen) atoms. The van der Waals surface area contributed by atoms with Crippen molar-refractivity contribution >= 4 is 17.2 Å². The normalized spacial score (nSPS) is 17.2. The number of hydrogen-bond acceptors (Lipinski definition) is 4. The molecule has 0 unspecified atom stereocenters. The Kier molecular flexibility index (Phi) is 3.87. The Morgan fingerprint density at radius 1 is 1.28 bits per heavy atom. The van der Waals surface area contributed by atoms with Gasteiger partial charge in [-0.05, 0) is 37.1 Å². The van der Waals surface area contributed by atoms with Crippen molar-refractivity contribution < 1.29 is 4.79 Å². The molecule has 0 aliphatic carbocycles. The Balaban J connectivity index is 1.73. The second-order valence-electron chi connectivity index (χ2n) is 6.58. The third-order valence-corrected chi connectivity index (χ3v) is 4.70.